The van der Waals surface area contributed by atoms with E-state index >= 15 is 0 Å². The molecule has 0 saturated carbocycles. The Morgan fingerprint density at radius 2 is 1.86 bits per heavy atom. The zero-order chi connectivity index (χ0) is 21.0. The van der Waals surface area contributed by atoms with Crippen molar-refractivity contribution in [3.05, 3.63) is 58.4 Å². The van der Waals surface area contributed by atoms with Crippen LogP contribution in [0.1, 0.15) is 34.1 Å². The number of allylic oxidation sites excluding steroid dienone is 4. The second-order valence-electron chi connectivity index (χ2n) is 6.73. The van der Waals surface area contributed by atoms with Gasteiger partial charge in [-0.1, -0.05) is 12.2 Å². The summed E-state index contributed by atoms with van der Waals surface area (Å²) in [6, 6.07) is 0. The van der Waals surface area contributed by atoms with Gasteiger partial charge in [0.1, 0.15) is 18.5 Å². The van der Waals surface area contributed by atoms with E-state index in [1.807, 2.05) is 0 Å². The van der Waals surface area contributed by atoms with Gasteiger partial charge in [-0.15, -0.1) is 0 Å². The molecule has 2 aliphatic rings. The van der Waals surface area contributed by atoms with Gasteiger partial charge in [0.25, 0.3) is 0 Å². The predicted molar refractivity (Wildman–Crippen MR) is 99.7 cm³/mol. The van der Waals surface area contributed by atoms with Crippen molar-refractivity contribution >= 4 is 23.7 Å². The van der Waals surface area contributed by atoms with Crippen LogP contribution in [0.4, 0.5) is 0 Å². The van der Waals surface area contributed by atoms with Crippen LogP contribution in [-0.4, -0.2) is 36.4 Å². The molecule has 28 heavy (non-hydrogen) atoms. The van der Waals surface area contributed by atoms with Crippen LogP contribution in [0.15, 0.2) is 58.4 Å². The lowest BCUT2D eigenvalue weighted by atomic mass is 9.94. The van der Waals surface area contributed by atoms with Crippen molar-refractivity contribution in [3.63, 3.8) is 0 Å². The summed E-state index contributed by atoms with van der Waals surface area (Å²) in [5, 5.41) is 0. The third-order valence-electron chi connectivity index (χ3n) is 4.00. The van der Waals surface area contributed by atoms with E-state index in [1.165, 1.54) is 32.1 Å². The summed E-state index contributed by atoms with van der Waals surface area (Å²) in [5.74, 6) is -1.98. The molecule has 1 heterocycles. The Labute approximate surface area is 163 Å². The molecule has 0 N–H and O–H groups in total. The summed E-state index contributed by atoms with van der Waals surface area (Å²) in [7, 11) is 0. The summed E-state index contributed by atoms with van der Waals surface area (Å²) >= 11 is 0. The first kappa shape index (κ1) is 21.1. The summed E-state index contributed by atoms with van der Waals surface area (Å²) in [6.45, 7) is 9.38. The molecule has 148 valence electrons. The number of rotatable bonds is 4. The minimum absolute atomic E-state index is 0.0912. The maximum absolute atomic E-state index is 12.4. The molecule has 1 atom stereocenters. The number of ketones is 1. The number of hydrogen-bond acceptors (Lipinski definition) is 7. The van der Waals surface area contributed by atoms with Gasteiger partial charge >= 0.3 is 17.9 Å². The van der Waals surface area contributed by atoms with Gasteiger partial charge in [0.2, 0.25) is 0 Å². The lowest BCUT2D eigenvalue weighted by Gasteiger charge is -2.21. The van der Waals surface area contributed by atoms with Crippen LogP contribution in [0.25, 0.3) is 0 Å². The first-order chi connectivity index (χ1) is 13.1. The van der Waals surface area contributed by atoms with Crippen LogP contribution < -0.4 is 0 Å². The van der Waals surface area contributed by atoms with Crippen LogP contribution >= 0.6 is 0 Å². The van der Waals surface area contributed by atoms with E-state index in [9.17, 15) is 19.2 Å². The van der Waals surface area contributed by atoms with Gasteiger partial charge in [0.15, 0.2) is 5.78 Å². The Balaban J connectivity index is 2.63. The monoisotopic (exact) mass is 386 g/mol. The van der Waals surface area contributed by atoms with Gasteiger partial charge in [0, 0.05) is 24.5 Å². The molecule has 0 aromatic rings. The summed E-state index contributed by atoms with van der Waals surface area (Å²) in [4.78, 5) is 47.9. The Bertz CT molecular complexity index is 880. The summed E-state index contributed by atoms with van der Waals surface area (Å²) in [5.41, 5.74) is 1.79. The zero-order valence-electron chi connectivity index (χ0n) is 16.3. The van der Waals surface area contributed by atoms with E-state index in [0.717, 1.165) is 0 Å². The Kier molecular flexibility index (Phi) is 6.51. The molecule has 0 radical (unpaired) electrons. The third kappa shape index (κ3) is 5.16. The molecule has 0 spiro atoms. The van der Waals surface area contributed by atoms with Gasteiger partial charge in [-0.3, -0.25) is 9.59 Å². The lowest BCUT2D eigenvalue weighted by Crippen LogP contribution is -2.24. The number of fused-ring (bicyclic) bond motifs is 1. The van der Waals surface area contributed by atoms with Crippen LogP contribution in [0.5, 0.6) is 0 Å². The number of hydrogen-bond donors (Lipinski definition) is 0. The fourth-order valence-electron chi connectivity index (χ4n) is 2.79. The fourth-order valence-corrected chi connectivity index (χ4v) is 2.79. The highest BCUT2D eigenvalue weighted by molar-refractivity contribution is 6.01. The fraction of sp³-hybridized carbons (Fsp3) is 0.333. The maximum Gasteiger partial charge on any atom is 0.343 e. The van der Waals surface area contributed by atoms with Gasteiger partial charge in [-0.25, -0.2) is 9.59 Å². The van der Waals surface area contributed by atoms with E-state index in [-0.39, 0.29) is 35.7 Å². The molecular formula is C21H22O7. The molecule has 0 fully saturated rings. The van der Waals surface area contributed by atoms with E-state index in [4.69, 9.17) is 14.2 Å². The highest BCUT2D eigenvalue weighted by atomic mass is 16.6. The molecule has 0 bridgehead atoms. The molecule has 0 unspecified atom stereocenters. The zero-order valence-corrected chi connectivity index (χ0v) is 16.3. The second-order valence-corrected chi connectivity index (χ2v) is 6.73. The summed E-state index contributed by atoms with van der Waals surface area (Å²) < 4.78 is 15.8. The Hall–Kier alpha value is -3.22. The molecule has 2 rings (SSSR count). The SMILES string of the molecule is C=C(C)C(=O)O[C@H]1C/C(C)=C\C(=O)/C=C(C)/C=C2\OC(=O)C(COC(C)=O)=C21. The van der Waals surface area contributed by atoms with Crippen LogP contribution in [0, 0.1) is 0 Å². The van der Waals surface area contributed by atoms with Crippen LogP contribution in [0.3, 0.4) is 0 Å². The van der Waals surface area contributed by atoms with Crippen molar-refractivity contribution in [2.45, 2.75) is 40.2 Å². The molecule has 0 aromatic carbocycles. The topological polar surface area (TPSA) is 96.0 Å². The van der Waals surface area contributed by atoms with Crippen molar-refractivity contribution in [1.82, 2.24) is 0 Å². The van der Waals surface area contributed by atoms with Crippen molar-refractivity contribution < 1.29 is 33.4 Å². The smallest absolute Gasteiger partial charge is 0.343 e. The standard InChI is InChI=1S/C21H22O7/c1-11(2)20(24)27-17-8-12(3)6-15(23)7-13(4)9-18-19(17)16(21(25)28-18)10-26-14(5)22/h6-7,9,17H,1,8,10H2,2-5H3/b12-6-,13-7+,18-9-/t17-/m0/s1. The van der Waals surface area contributed by atoms with Gasteiger partial charge in [-0.2, -0.15) is 0 Å². The van der Waals surface area contributed by atoms with Crippen LogP contribution in [-0.2, 0) is 33.4 Å². The van der Waals surface area contributed by atoms with Crippen molar-refractivity contribution in [2.24, 2.45) is 0 Å². The first-order valence-electron chi connectivity index (χ1n) is 8.65. The summed E-state index contributed by atoms with van der Waals surface area (Å²) in [6.07, 6.45) is 3.61. The quantitative estimate of drug-likeness (QED) is 0.416. The number of esters is 3. The molecule has 1 aliphatic carbocycles. The number of carbonyl (C=O) groups is 4. The van der Waals surface area contributed by atoms with E-state index in [1.54, 1.807) is 13.8 Å². The van der Waals surface area contributed by atoms with Crippen molar-refractivity contribution in [1.29, 1.82) is 0 Å². The number of ether oxygens (including phenoxy) is 3. The molecule has 1 aliphatic heterocycles. The predicted octanol–water partition coefficient (Wildman–Crippen LogP) is 2.64. The van der Waals surface area contributed by atoms with E-state index in [0.29, 0.717) is 16.7 Å². The minimum atomic E-state index is -0.914. The molecule has 7 nitrogen and oxygen atoms in total. The highest BCUT2D eigenvalue weighted by Gasteiger charge is 2.37. The average Bonchev–Trinajstić information content (AvgIpc) is 2.85. The molecular weight excluding hydrogens is 364 g/mol. The van der Waals surface area contributed by atoms with Gasteiger partial charge in [-0.05, 0) is 44.6 Å². The molecule has 7 heteroatoms. The average molecular weight is 386 g/mol. The van der Waals surface area contributed by atoms with Gasteiger partial charge < -0.3 is 14.2 Å². The first-order valence-corrected chi connectivity index (χ1v) is 8.65. The van der Waals surface area contributed by atoms with E-state index in [2.05, 4.69) is 6.58 Å². The number of carbonyl (C=O) groups excluding carboxylic acids is 4. The Morgan fingerprint density at radius 1 is 1.18 bits per heavy atom. The molecule has 0 aromatic heterocycles. The lowest BCUT2D eigenvalue weighted by molar-refractivity contribution is -0.143. The van der Waals surface area contributed by atoms with Gasteiger partial charge in [0.05, 0.1) is 5.57 Å². The Morgan fingerprint density at radius 3 is 2.46 bits per heavy atom. The third-order valence-corrected chi connectivity index (χ3v) is 4.00. The molecule has 0 saturated heterocycles. The minimum Gasteiger partial charge on any atom is -0.461 e. The van der Waals surface area contributed by atoms with E-state index < -0.39 is 24.0 Å². The second kappa shape index (κ2) is 8.65. The van der Waals surface area contributed by atoms with Crippen molar-refractivity contribution in [3.8, 4) is 0 Å². The normalized spacial score (nSPS) is 25.3. The highest BCUT2D eigenvalue weighted by Crippen LogP contribution is 2.35. The molecule has 0 amide bonds. The van der Waals surface area contributed by atoms with Crippen LogP contribution in [0.2, 0.25) is 0 Å². The maximum atomic E-state index is 12.4. The largest absolute Gasteiger partial charge is 0.461 e. The van der Waals surface area contributed by atoms with Crippen molar-refractivity contribution in [2.75, 3.05) is 6.61 Å².